The lowest BCUT2D eigenvalue weighted by atomic mass is 10.4. The summed E-state index contributed by atoms with van der Waals surface area (Å²) < 4.78 is 66.9. The van der Waals surface area contributed by atoms with Gasteiger partial charge in [0, 0.05) is 0 Å². The maximum Gasteiger partial charge on any atom is 0.124 e. The third-order valence-corrected chi connectivity index (χ3v) is 7.25. The quantitative estimate of drug-likeness (QED) is 0.570. The van der Waals surface area contributed by atoms with Crippen molar-refractivity contribution in [2.24, 2.45) is 0 Å². The van der Waals surface area contributed by atoms with Gasteiger partial charge in [0.05, 0.1) is 9.79 Å². The van der Waals surface area contributed by atoms with Gasteiger partial charge in [-0.2, -0.15) is 0 Å². The predicted octanol–water partition coefficient (Wildman–Crippen LogP) is 0.947. The summed E-state index contributed by atoms with van der Waals surface area (Å²) in [6.45, 7) is 1.86. The van der Waals surface area contributed by atoms with E-state index in [-0.39, 0.29) is 9.79 Å². The van der Waals surface area contributed by atoms with E-state index < -0.39 is 28.2 Å². The summed E-state index contributed by atoms with van der Waals surface area (Å²) in [6, 6.07) is 11.3. The summed E-state index contributed by atoms with van der Waals surface area (Å²) in [7, 11) is -10.2. The molecule has 0 amide bonds. The summed E-state index contributed by atoms with van der Waals surface area (Å²) in [6.07, 6.45) is 0.597. The topological polar surface area (TPSA) is 114 Å². The molecule has 0 fully saturated rings. The van der Waals surface area contributed by atoms with E-state index in [9.17, 15) is 25.9 Å². The summed E-state index contributed by atoms with van der Waals surface area (Å²) in [4.78, 5) is -0.660. The van der Waals surface area contributed by atoms with Crippen LogP contribution < -0.4 is 10.6 Å². The van der Waals surface area contributed by atoms with Gasteiger partial charge in [0.1, 0.15) is 20.2 Å². The van der Waals surface area contributed by atoms with E-state index >= 15 is 0 Å². The largest absolute Gasteiger partial charge is 0.744 e. The van der Waals surface area contributed by atoms with E-state index in [1.165, 1.54) is 36.4 Å². The average molecular weight is 372 g/mol. The van der Waals surface area contributed by atoms with E-state index in [1.54, 1.807) is 12.1 Å². The molecule has 0 N–H and O–H groups in total. The monoisotopic (exact) mass is 372 g/mol. The molecular weight excluding hydrogens is 359 g/mol. The van der Waals surface area contributed by atoms with Crippen LogP contribution in [0.1, 0.15) is 6.92 Å². The summed E-state index contributed by atoms with van der Waals surface area (Å²) in [5, 5.41) is 1.25. The summed E-state index contributed by atoms with van der Waals surface area (Å²) in [5.41, 5.74) is 0. The van der Waals surface area contributed by atoms with Crippen LogP contribution in [-0.2, 0) is 20.2 Å². The molecule has 9 heteroatoms. The van der Waals surface area contributed by atoms with Crippen LogP contribution in [0.25, 0.3) is 0 Å². The van der Waals surface area contributed by atoms with Crippen molar-refractivity contribution in [3.63, 3.8) is 0 Å². The lowest BCUT2D eigenvalue weighted by Crippen LogP contribution is -2.16. The van der Waals surface area contributed by atoms with Crippen molar-refractivity contribution >= 4 is 38.8 Å². The van der Waals surface area contributed by atoms with E-state index in [2.05, 4.69) is 0 Å². The lowest BCUT2D eigenvalue weighted by molar-refractivity contribution is 0.461. The zero-order valence-corrected chi connectivity index (χ0v) is 14.6. The molecule has 0 saturated carbocycles. The Morgan fingerprint density at radius 2 is 1.22 bits per heavy atom. The summed E-state index contributed by atoms with van der Waals surface area (Å²) >= 11 is 0. The van der Waals surface area contributed by atoms with E-state index in [0.717, 1.165) is 0 Å². The molecule has 2 aromatic carbocycles. The first-order valence-electron chi connectivity index (χ1n) is 6.52. The predicted molar refractivity (Wildman–Crippen MR) is 85.5 cm³/mol. The maximum atomic E-state index is 11.1. The van der Waals surface area contributed by atoms with Gasteiger partial charge in [-0.25, -0.2) is 16.8 Å². The first-order chi connectivity index (χ1) is 10.6. The highest BCUT2D eigenvalue weighted by atomic mass is 32.2. The number of hydrogen-bond donors (Lipinski definition) is 0. The maximum absolute atomic E-state index is 11.1. The van der Waals surface area contributed by atoms with Gasteiger partial charge in [0.25, 0.3) is 0 Å². The van der Waals surface area contributed by atoms with E-state index in [1.807, 2.05) is 6.92 Å². The van der Waals surface area contributed by atoms with Gasteiger partial charge >= 0.3 is 0 Å². The molecule has 0 aliphatic rings. The second kappa shape index (κ2) is 6.67. The normalized spacial score (nSPS) is 12.5. The molecule has 0 aromatic heterocycles. The van der Waals surface area contributed by atoms with Gasteiger partial charge in [-0.05, 0) is 49.0 Å². The van der Waals surface area contributed by atoms with Crippen LogP contribution in [0, 0.1) is 0 Å². The molecule has 6 nitrogen and oxygen atoms in total. The first kappa shape index (κ1) is 18.0. The molecule has 0 aliphatic heterocycles. The highest BCUT2D eigenvalue weighted by Crippen LogP contribution is 2.34. The standard InChI is InChI=1S/C14H15O6PS2/c1-2-21(11-5-3-7-13(9-11)22(15,16)17)12-6-4-8-14(10-12)23(18,19)20/h3-10H,2H2,1H3,(H,15,16,17)(H,18,19,20)/p-2. The molecule has 0 atom stereocenters. The summed E-state index contributed by atoms with van der Waals surface area (Å²) in [5.74, 6) is 0. The zero-order chi connectivity index (χ0) is 17.3. The molecule has 2 rings (SSSR count). The van der Waals surface area contributed by atoms with Crippen LogP contribution in [0.2, 0.25) is 0 Å². The van der Waals surface area contributed by atoms with Gasteiger partial charge in [0.2, 0.25) is 0 Å². The molecule has 2 aromatic rings. The Hall–Kier alpha value is -1.31. The molecule has 23 heavy (non-hydrogen) atoms. The molecular formula is C14H13O6PS2-2. The molecule has 0 radical (unpaired) electrons. The van der Waals surface area contributed by atoms with Gasteiger partial charge in [-0.15, -0.1) is 0 Å². The molecule has 0 bridgehead atoms. The Morgan fingerprint density at radius 1 is 0.826 bits per heavy atom. The van der Waals surface area contributed by atoms with Crippen molar-refractivity contribution in [3.05, 3.63) is 48.5 Å². The fraction of sp³-hybridized carbons (Fsp3) is 0.143. The Bertz CT molecular complexity index is 846. The minimum absolute atomic E-state index is 0.330. The van der Waals surface area contributed by atoms with Crippen molar-refractivity contribution in [2.45, 2.75) is 16.7 Å². The number of benzene rings is 2. The van der Waals surface area contributed by atoms with Crippen LogP contribution in [-0.4, -0.2) is 32.1 Å². The van der Waals surface area contributed by atoms with E-state index in [4.69, 9.17) is 0 Å². The third kappa shape index (κ3) is 4.37. The average Bonchev–Trinajstić information content (AvgIpc) is 2.47. The van der Waals surface area contributed by atoms with Crippen LogP contribution in [0.3, 0.4) is 0 Å². The van der Waals surface area contributed by atoms with Crippen molar-refractivity contribution in [1.82, 2.24) is 0 Å². The van der Waals surface area contributed by atoms with Crippen LogP contribution in [0.4, 0.5) is 0 Å². The van der Waals surface area contributed by atoms with Gasteiger partial charge in [-0.1, -0.05) is 31.2 Å². The van der Waals surface area contributed by atoms with Crippen molar-refractivity contribution in [2.75, 3.05) is 6.16 Å². The van der Waals surface area contributed by atoms with Gasteiger partial charge in [-0.3, -0.25) is 0 Å². The van der Waals surface area contributed by atoms with Crippen LogP contribution in [0.15, 0.2) is 58.3 Å². The van der Waals surface area contributed by atoms with Crippen molar-refractivity contribution in [3.8, 4) is 0 Å². The SMILES string of the molecule is CCP(c1cccc(S(=O)(=O)[O-])c1)c1cccc(S(=O)(=O)[O-])c1. The zero-order valence-electron chi connectivity index (χ0n) is 12.0. The Morgan fingerprint density at radius 3 is 1.52 bits per heavy atom. The molecule has 0 spiro atoms. The fourth-order valence-electron chi connectivity index (χ4n) is 2.13. The second-order valence-corrected chi connectivity index (χ2v) is 9.93. The first-order valence-corrected chi connectivity index (χ1v) is 10.9. The Kier molecular flexibility index (Phi) is 5.23. The molecule has 124 valence electrons. The number of rotatable bonds is 5. The highest BCUT2D eigenvalue weighted by Gasteiger charge is 2.15. The minimum Gasteiger partial charge on any atom is -0.744 e. The molecule has 0 aliphatic carbocycles. The second-order valence-electron chi connectivity index (χ2n) is 4.65. The Balaban J connectivity index is 2.53. The van der Waals surface area contributed by atoms with E-state index in [0.29, 0.717) is 16.8 Å². The van der Waals surface area contributed by atoms with Crippen LogP contribution >= 0.6 is 7.92 Å². The fourth-order valence-corrected chi connectivity index (χ4v) is 5.49. The third-order valence-electron chi connectivity index (χ3n) is 3.15. The van der Waals surface area contributed by atoms with Gasteiger partial charge in [0.15, 0.2) is 0 Å². The van der Waals surface area contributed by atoms with Crippen molar-refractivity contribution in [1.29, 1.82) is 0 Å². The lowest BCUT2D eigenvalue weighted by Gasteiger charge is -2.19. The highest BCUT2D eigenvalue weighted by molar-refractivity contribution is 7.86. The minimum atomic E-state index is -4.57. The van der Waals surface area contributed by atoms with Crippen LogP contribution in [0.5, 0.6) is 0 Å². The van der Waals surface area contributed by atoms with Gasteiger partial charge < -0.3 is 9.11 Å². The smallest absolute Gasteiger partial charge is 0.124 e. The molecule has 0 unspecified atom stereocenters. The molecule has 0 heterocycles. The van der Waals surface area contributed by atoms with Crippen molar-refractivity contribution < 1.29 is 25.9 Å². The number of hydrogen-bond acceptors (Lipinski definition) is 6. The Labute approximate surface area is 136 Å². The molecule has 0 saturated heterocycles.